The van der Waals surface area contributed by atoms with Gasteiger partial charge in [-0.15, -0.1) is 11.3 Å². The minimum atomic E-state index is -0.550. The molecule has 1 aromatic heterocycles. The van der Waals surface area contributed by atoms with Gasteiger partial charge in [0.25, 0.3) is 5.91 Å². The lowest BCUT2D eigenvalue weighted by Gasteiger charge is -2.08. The Bertz CT molecular complexity index is 690. The molecule has 0 saturated carbocycles. The van der Waals surface area contributed by atoms with Crippen molar-refractivity contribution in [1.82, 2.24) is 0 Å². The first kappa shape index (κ1) is 15.2. The van der Waals surface area contributed by atoms with Gasteiger partial charge < -0.3 is 10.6 Å². The minimum absolute atomic E-state index is 0.0406. The Morgan fingerprint density at radius 1 is 1.14 bits per heavy atom. The molecule has 0 aliphatic heterocycles. The summed E-state index contributed by atoms with van der Waals surface area (Å²) < 4.78 is 13.5. The Balaban J connectivity index is 2.19. The van der Waals surface area contributed by atoms with Gasteiger partial charge in [0.05, 0.1) is 10.6 Å². The Morgan fingerprint density at radius 2 is 1.86 bits per heavy atom. The van der Waals surface area contributed by atoms with E-state index in [-0.39, 0.29) is 17.5 Å². The topological polar surface area (TPSA) is 58.2 Å². The van der Waals surface area contributed by atoms with Crippen molar-refractivity contribution in [1.29, 1.82) is 0 Å². The summed E-state index contributed by atoms with van der Waals surface area (Å²) in [6.07, 6.45) is 0. The smallest absolute Gasteiger partial charge is 0.265 e. The van der Waals surface area contributed by atoms with Crippen LogP contribution in [0.4, 0.5) is 15.8 Å². The van der Waals surface area contributed by atoms with Crippen LogP contribution < -0.4 is 10.6 Å². The maximum Gasteiger partial charge on any atom is 0.265 e. The third kappa shape index (κ3) is 3.66. The first-order valence-corrected chi connectivity index (χ1v) is 7.14. The van der Waals surface area contributed by atoms with E-state index in [0.29, 0.717) is 10.6 Å². The van der Waals surface area contributed by atoms with Crippen molar-refractivity contribution in [2.75, 3.05) is 10.6 Å². The number of carbonyl (C=O) groups excluding carboxylic acids is 2. The summed E-state index contributed by atoms with van der Waals surface area (Å²) in [5.41, 5.74) is 1.52. The largest absolute Gasteiger partial charge is 0.324 e. The number of hydrogen-bond acceptors (Lipinski definition) is 3. The predicted octanol–water partition coefficient (Wildman–Crippen LogP) is 3.71. The molecule has 0 atom stereocenters. The van der Waals surface area contributed by atoms with Crippen LogP contribution in [0.3, 0.4) is 0 Å². The van der Waals surface area contributed by atoms with Crippen molar-refractivity contribution in [2.24, 2.45) is 0 Å². The van der Waals surface area contributed by atoms with Gasteiger partial charge in [-0.1, -0.05) is 0 Å². The maximum atomic E-state index is 13.5. The van der Waals surface area contributed by atoms with Gasteiger partial charge in [-0.25, -0.2) is 4.39 Å². The highest BCUT2D eigenvalue weighted by molar-refractivity contribution is 7.14. The van der Waals surface area contributed by atoms with Crippen LogP contribution in [0.25, 0.3) is 0 Å². The summed E-state index contributed by atoms with van der Waals surface area (Å²) in [4.78, 5) is 24.8. The summed E-state index contributed by atoms with van der Waals surface area (Å²) in [6, 6.07) is 5.85. The van der Waals surface area contributed by atoms with Crippen molar-refractivity contribution in [3.05, 3.63) is 45.4 Å². The van der Waals surface area contributed by atoms with E-state index in [1.165, 1.54) is 36.5 Å². The monoisotopic (exact) mass is 306 g/mol. The molecule has 2 N–H and O–H groups in total. The van der Waals surface area contributed by atoms with Crippen LogP contribution in [-0.4, -0.2) is 11.8 Å². The van der Waals surface area contributed by atoms with Crippen LogP contribution in [0.5, 0.6) is 0 Å². The van der Waals surface area contributed by atoms with E-state index >= 15 is 0 Å². The number of halogens is 1. The number of hydrogen-bond donors (Lipinski definition) is 2. The molecule has 0 radical (unpaired) electrons. The fourth-order valence-electron chi connectivity index (χ4n) is 1.77. The lowest BCUT2D eigenvalue weighted by atomic mass is 10.2. The van der Waals surface area contributed by atoms with Crippen LogP contribution in [0, 0.1) is 19.7 Å². The van der Waals surface area contributed by atoms with E-state index in [1.54, 1.807) is 0 Å². The number of carbonyl (C=O) groups is 2. The molecule has 0 unspecified atom stereocenters. The quantitative estimate of drug-likeness (QED) is 0.908. The van der Waals surface area contributed by atoms with Crippen LogP contribution in [-0.2, 0) is 4.79 Å². The molecule has 2 amide bonds. The van der Waals surface area contributed by atoms with Crippen LogP contribution in [0.2, 0.25) is 0 Å². The van der Waals surface area contributed by atoms with Gasteiger partial charge in [0.1, 0.15) is 5.82 Å². The second-order valence-electron chi connectivity index (χ2n) is 4.68. The molecule has 0 saturated heterocycles. The van der Waals surface area contributed by atoms with Crippen LogP contribution in [0.1, 0.15) is 27.0 Å². The highest BCUT2D eigenvalue weighted by atomic mass is 32.1. The van der Waals surface area contributed by atoms with Crippen molar-refractivity contribution >= 4 is 34.5 Å². The van der Waals surface area contributed by atoms with Gasteiger partial charge in [-0.3, -0.25) is 9.59 Å². The zero-order chi connectivity index (χ0) is 15.6. The molecule has 0 fully saturated rings. The molecule has 0 spiro atoms. The summed E-state index contributed by atoms with van der Waals surface area (Å²) in [5, 5.41) is 5.07. The van der Waals surface area contributed by atoms with Gasteiger partial charge in [0, 0.05) is 17.5 Å². The molecule has 6 heteroatoms. The number of thiophene rings is 1. The number of anilines is 2. The van der Waals surface area contributed by atoms with E-state index in [1.807, 2.05) is 19.9 Å². The SMILES string of the molecule is CC(=O)Nc1cc(NC(=O)c2cc(C)c(C)s2)ccc1F. The Morgan fingerprint density at radius 3 is 2.43 bits per heavy atom. The molecule has 2 rings (SSSR count). The van der Waals surface area contributed by atoms with Gasteiger partial charge in [-0.2, -0.15) is 0 Å². The zero-order valence-electron chi connectivity index (χ0n) is 11.9. The van der Waals surface area contributed by atoms with Crippen LogP contribution in [0.15, 0.2) is 24.3 Å². The Labute approximate surface area is 126 Å². The molecule has 110 valence electrons. The molecule has 1 heterocycles. The second-order valence-corrected chi connectivity index (χ2v) is 5.94. The van der Waals surface area contributed by atoms with Crippen molar-refractivity contribution < 1.29 is 14.0 Å². The number of aryl methyl sites for hydroxylation is 2. The first-order chi connectivity index (χ1) is 9.86. The number of rotatable bonds is 3. The van der Waals surface area contributed by atoms with Gasteiger partial charge >= 0.3 is 0 Å². The van der Waals surface area contributed by atoms with E-state index in [9.17, 15) is 14.0 Å². The van der Waals surface area contributed by atoms with E-state index in [4.69, 9.17) is 0 Å². The molecule has 0 aliphatic rings. The highest BCUT2D eigenvalue weighted by Crippen LogP contribution is 2.23. The third-order valence-corrected chi connectivity index (χ3v) is 4.08. The van der Waals surface area contributed by atoms with Crippen molar-refractivity contribution in [3.63, 3.8) is 0 Å². The summed E-state index contributed by atoms with van der Waals surface area (Å²) >= 11 is 1.40. The molecule has 1 aromatic carbocycles. The average Bonchev–Trinajstić information content (AvgIpc) is 2.73. The zero-order valence-corrected chi connectivity index (χ0v) is 12.7. The summed E-state index contributed by atoms with van der Waals surface area (Å²) in [6.45, 7) is 5.18. The van der Waals surface area contributed by atoms with Crippen molar-refractivity contribution in [3.8, 4) is 0 Å². The number of amides is 2. The number of benzene rings is 1. The first-order valence-electron chi connectivity index (χ1n) is 6.32. The normalized spacial score (nSPS) is 10.3. The molecule has 4 nitrogen and oxygen atoms in total. The molecule has 0 bridgehead atoms. The minimum Gasteiger partial charge on any atom is -0.324 e. The summed E-state index contributed by atoms with van der Waals surface area (Å²) in [5.74, 6) is -1.18. The molecule has 0 aliphatic carbocycles. The summed E-state index contributed by atoms with van der Waals surface area (Å²) in [7, 11) is 0. The predicted molar refractivity (Wildman–Crippen MR) is 82.4 cm³/mol. The van der Waals surface area contributed by atoms with E-state index in [2.05, 4.69) is 10.6 Å². The molecular weight excluding hydrogens is 291 g/mol. The van der Waals surface area contributed by atoms with Gasteiger partial charge in [0.2, 0.25) is 5.91 Å². The Hall–Kier alpha value is -2.21. The fraction of sp³-hybridized carbons (Fsp3) is 0.200. The standard InChI is InChI=1S/C15H15FN2O2S/c1-8-6-14(21-9(8)2)15(20)18-11-4-5-12(16)13(7-11)17-10(3)19/h4-7H,1-3H3,(H,17,19)(H,18,20). The lowest BCUT2D eigenvalue weighted by Crippen LogP contribution is -2.12. The second kappa shape index (κ2) is 6.05. The highest BCUT2D eigenvalue weighted by Gasteiger charge is 2.12. The Kier molecular flexibility index (Phi) is 4.37. The molecule has 2 aromatic rings. The van der Waals surface area contributed by atoms with E-state index in [0.717, 1.165) is 10.4 Å². The number of nitrogens with one attached hydrogen (secondary N) is 2. The average molecular weight is 306 g/mol. The lowest BCUT2D eigenvalue weighted by molar-refractivity contribution is -0.114. The molecule has 21 heavy (non-hydrogen) atoms. The van der Waals surface area contributed by atoms with E-state index < -0.39 is 5.82 Å². The third-order valence-electron chi connectivity index (χ3n) is 2.92. The fourth-order valence-corrected chi connectivity index (χ4v) is 2.70. The van der Waals surface area contributed by atoms with Gasteiger partial charge in [0.15, 0.2) is 0 Å². The van der Waals surface area contributed by atoms with Crippen LogP contribution >= 0.6 is 11.3 Å². The maximum absolute atomic E-state index is 13.5. The van der Waals surface area contributed by atoms with Gasteiger partial charge in [-0.05, 0) is 43.7 Å². The van der Waals surface area contributed by atoms with Crippen molar-refractivity contribution in [2.45, 2.75) is 20.8 Å². The molecular formula is C15H15FN2O2S.